The van der Waals surface area contributed by atoms with Crippen LogP contribution in [0, 0.1) is 19.8 Å². The third-order valence-electron chi connectivity index (χ3n) is 6.80. The number of anilines is 1. The van der Waals surface area contributed by atoms with Crippen LogP contribution in [0.2, 0.25) is 0 Å². The van der Waals surface area contributed by atoms with Crippen molar-refractivity contribution in [2.24, 2.45) is 13.0 Å². The first-order valence-corrected chi connectivity index (χ1v) is 13.1. The molecule has 9 heteroatoms. The summed E-state index contributed by atoms with van der Waals surface area (Å²) in [4.78, 5) is 34.8. The Morgan fingerprint density at radius 1 is 1.03 bits per heavy atom. The molecule has 0 radical (unpaired) electrons. The molecule has 3 aromatic heterocycles. The third-order valence-corrected chi connectivity index (χ3v) is 6.80. The lowest BCUT2D eigenvalue weighted by molar-refractivity contribution is 0.0642. The zero-order valence-corrected chi connectivity index (χ0v) is 22.6. The molecule has 0 unspecified atom stereocenters. The van der Waals surface area contributed by atoms with Crippen molar-refractivity contribution in [3.05, 3.63) is 70.6 Å². The van der Waals surface area contributed by atoms with E-state index in [0.29, 0.717) is 35.0 Å². The Hall–Kier alpha value is -3.85. The standard InChI is InChI=1S/C29H36N6O3/c1-5-6-22(26-17-33-35(4)18-26)11-23-12-24(15-30-19(23)2)29(37)34-27-13-25(16-31-20(27)3)28(36)32-14-21-7-9-38-10-8-21/h11-13,15-18,21H,5-10,14H2,1-4H3,(H,32,36)(H,34,37)/b22-11+. The summed E-state index contributed by atoms with van der Waals surface area (Å²) in [6.45, 7) is 7.93. The SMILES string of the molecule is CCC/C(=C\c1cc(C(=O)Nc2cc(C(=O)NCC3CCOCC3)cnc2C)cnc1C)c1cnn(C)c1. The number of carbonyl (C=O) groups excluding carboxylic acids is 2. The van der Waals surface area contributed by atoms with E-state index in [1.54, 1.807) is 23.9 Å². The van der Waals surface area contributed by atoms with Crippen LogP contribution in [0.4, 0.5) is 5.69 Å². The van der Waals surface area contributed by atoms with E-state index in [1.807, 2.05) is 32.4 Å². The van der Waals surface area contributed by atoms with Crippen molar-refractivity contribution in [2.75, 3.05) is 25.1 Å². The maximum atomic E-state index is 13.2. The molecule has 4 heterocycles. The predicted octanol–water partition coefficient (Wildman–Crippen LogP) is 4.58. The Morgan fingerprint density at radius 2 is 1.74 bits per heavy atom. The van der Waals surface area contributed by atoms with Crippen molar-refractivity contribution in [3.8, 4) is 0 Å². The fraction of sp³-hybridized carbons (Fsp3) is 0.414. The number of amides is 2. The normalized spacial score (nSPS) is 14.4. The number of rotatable bonds is 9. The van der Waals surface area contributed by atoms with Gasteiger partial charge in [-0.3, -0.25) is 24.2 Å². The molecule has 4 rings (SSSR count). The number of carbonyl (C=O) groups is 2. The van der Waals surface area contributed by atoms with Crippen LogP contribution < -0.4 is 10.6 Å². The Kier molecular flexibility index (Phi) is 9.02. The van der Waals surface area contributed by atoms with Crippen LogP contribution in [0.5, 0.6) is 0 Å². The van der Waals surface area contributed by atoms with E-state index in [4.69, 9.17) is 4.74 Å². The summed E-state index contributed by atoms with van der Waals surface area (Å²) in [5.41, 5.74) is 5.86. The summed E-state index contributed by atoms with van der Waals surface area (Å²) in [6, 6.07) is 3.51. The van der Waals surface area contributed by atoms with Crippen molar-refractivity contribution in [3.63, 3.8) is 0 Å². The largest absolute Gasteiger partial charge is 0.381 e. The van der Waals surface area contributed by atoms with E-state index in [1.165, 1.54) is 6.20 Å². The van der Waals surface area contributed by atoms with Gasteiger partial charge in [-0.05, 0) is 68.4 Å². The summed E-state index contributed by atoms with van der Waals surface area (Å²) in [5, 5.41) is 10.2. The Morgan fingerprint density at radius 3 is 2.42 bits per heavy atom. The Balaban J connectivity index is 1.50. The third kappa shape index (κ3) is 6.92. The van der Waals surface area contributed by atoms with Gasteiger partial charge >= 0.3 is 0 Å². The molecule has 0 aromatic carbocycles. The molecule has 9 nitrogen and oxygen atoms in total. The molecule has 200 valence electrons. The van der Waals surface area contributed by atoms with Crippen molar-refractivity contribution in [1.29, 1.82) is 0 Å². The highest BCUT2D eigenvalue weighted by Crippen LogP contribution is 2.24. The number of aryl methyl sites for hydroxylation is 3. The fourth-order valence-corrected chi connectivity index (χ4v) is 4.43. The van der Waals surface area contributed by atoms with E-state index in [9.17, 15) is 9.59 Å². The highest BCUT2D eigenvalue weighted by atomic mass is 16.5. The van der Waals surface area contributed by atoms with Crippen LogP contribution in [0.3, 0.4) is 0 Å². The molecular formula is C29H36N6O3. The highest BCUT2D eigenvalue weighted by Gasteiger charge is 2.17. The second-order valence-corrected chi connectivity index (χ2v) is 9.80. The van der Waals surface area contributed by atoms with E-state index < -0.39 is 0 Å². The average Bonchev–Trinajstić information content (AvgIpc) is 3.36. The van der Waals surface area contributed by atoms with Gasteiger partial charge in [-0.25, -0.2) is 0 Å². The number of pyridine rings is 2. The molecule has 1 aliphatic heterocycles. The summed E-state index contributed by atoms with van der Waals surface area (Å²) < 4.78 is 7.17. The zero-order chi connectivity index (χ0) is 27.1. The predicted molar refractivity (Wildman–Crippen MR) is 148 cm³/mol. The second kappa shape index (κ2) is 12.6. The Labute approximate surface area is 223 Å². The molecule has 2 amide bonds. The lowest BCUT2D eigenvalue weighted by atomic mass is 10.00. The maximum absolute atomic E-state index is 13.2. The van der Waals surface area contributed by atoms with Gasteiger partial charge in [-0.1, -0.05) is 13.3 Å². The van der Waals surface area contributed by atoms with Crippen molar-refractivity contribution < 1.29 is 14.3 Å². The molecule has 1 aliphatic rings. The first-order chi connectivity index (χ1) is 18.3. The first kappa shape index (κ1) is 27.2. The molecule has 2 N–H and O–H groups in total. The van der Waals surface area contributed by atoms with Gasteiger partial charge in [0.15, 0.2) is 0 Å². The van der Waals surface area contributed by atoms with Gasteiger partial charge in [-0.15, -0.1) is 0 Å². The van der Waals surface area contributed by atoms with Crippen molar-refractivity contribution in [1.82, 2.24) is 25.1 Å². The zero-order valence-electron chi connectivity index (χ0n) is 22.6. The quantitative estimate of drug-likeness (QED) is 0.431. The minimum atomic E-state index is -0.310. The molecule has 38 heavy (non-hydrogen) atoms. The fourth-order valence-electron chi connectivity index (χ4n) is 4.43. The smallest absolute Gasteiger partial charge is 0.257 e. The van der Waals surface area contributed by atoms with Gasteiger partial charge in [0.2, 0.25) is 0 Å². The number of nitrogens with one attached hydrogen (secondary N) is 2. The van der Waals surface area contributed by atoms with E-state index in [-0.39, 0.29) is 11.8 Å². The Bertz CT molecular complexity index is 1320. The summed E-state index contributed by atoms with van der Waals surface area (Å²) in [7, 11) is 1.90. The molecule has 0 saturated carbocycles. The molecule has 3 aromatic rings. The number of ether oxygens (including phenoxy) is 1. The van der Waals surface area contributed by atoms with E-state index >= 15 is 0 Å². The van der Waals surface area contributed by atoms with Gasteiger partial charge in [0, 0.05) is 56.7 Å². The number of nitrogens with zero attached hydrogens (tertiary/aromatic N) is 4. The molecular weight excluding hydrogens is 480 g/mol. The molecule has 0 bridgehead atoms. The van der Waals surface area contributed by atoms with Crippen LogP contribution >= 0.6 is 0 Å². The highest BCUT2D eigenvalue weighted by molar-refractivity contribution is 6.05. The summed E-state index contributed by atoms with van der Waals surface area (Å²) in [5.74, 6) is -0.100. The number of hydrogen-bond acceptors (Lipinski definition) is 6. The number of hydrogen-bond donors (Lipinski definition) is 2. The minimum Gasteiger partial charge on any atom is -0.381 e. The first-order valence-electron chi connectivity index (χ1n) is 13.1. The summed E-state index contributed by atoms with van der Waals surface area (Å²) in [6.07, 6.45) is 12.8. The van der Waals surface area contributed by atoms with E-state index in [0.717, 1.165) is 61.3 Å². The lowest BCUT2D eigenvalue weighted by Gasteiger charge is -2.22. The van der Waals surface area contributed by atoms with Gasteiger partial charge in [0.05, 0.1) is 28.7 Å². The summed E-state index contributed by atoms with van der Waals surface area (Å²) >= 11 is 0. The van der Waals surface area contributed by atoms with Gasteiger partial charge in [0.25, 0.3) is 11.8 Å². The van der Waals surface area contributed by atoms with Gasteiger partial charge in [-0.2, -0.15) is 5.10 Å². The van der Waals surface area contributed by atoms with Gasteiger partial charge in [0.1, 0.15) is 0 Å². The lowest BCUT2D eigenvalue weighted by Crippen LogP contribution is -2.32. The van der Waals surface area contributed by atoms with Crippen LogP contribution in [-0.2, 0) is 11.8 Å². The topological polar surface area (TPSA) is 111 Å². The maximum Gasteiger partial charge on any atom is 0.257 e. The van der Waals surface area contributed by atoms with Crippen LogP contribution in [-0.4, -0.2) is 51.3 Å². The molecule has 1 saturated heterocycles. The van der Waals surface area contributed by atoms with Crippen molar-refractivity contribution in [2.45, 2.75) is 46.5 Å². The average molecular weight is 517 g/mol. The molecule has 0 spiro atoms. The minimum absolute atomic E-state index is 0.206. The van der Waals surface area contributed by atoms with Crippen molar-refractivity contribution >= 4 is 29.2 Å². The monoisotopic (exact) mass is 516 g/mol. The number of aromatic nitrogens is 4. The van der Waals surface area contributed by atoms with E-state index in [2.05, 4.69) is 38.7 Å². The second-order valence-electron chi connectivity index (χ2n) is 9.80. The van der Waals surface area contributed by atoms with Crippen LogP contribution in [0.25, 0.3) is 11.6 Å². The van der Waals surface area contributed by atoms with Crippen LogP contribution in [0.1, 0.15) is 75.8 Å². The molecule has 0 atom stereocenters. The van der Waals surface area contributed by atoms with Crippen LogP contribution in [0.15, 0.2) is 36.9 Å². The number of allylic oxidation sites excluding steroid dienone is 1. The van der Waals surface area contributed by atoms with Gasteiger partial charge < -0.3 is 15.4 Å². The molecule has 1 fully saturated rings. The molecule has 0 aliphatic carbocycles.